The number of para-hydroxylation sites is 2. The molecule has 1 saturated carbocycles. The molecule has 1 aromatic carbocycles. The molecule has 0 atom stereocenters. The molecule has 0 spiro atoms. The van der Waals surface area contributed by atoms with E-state index in [0.29, 0.717) is 23.5 Å². The number of hydrogen-bond acceptors (Lipinski definition) is 7. The van der Waals surface area contributed by atoms with Crippen molar-refractivity contribution in [1.82, 2.24) is 10.5 Å². The van der Waals surface area contributed by atoms with Crippen molar-refractivity contribution < 1.29 is 22.8 Å². The molecule has 0 aliphatic heterocycles. The Labute approximate surface area is 200 Å². The molecule has 1 fully saturated rings. The van der Waals surface area contributed by atoms with Gasteiger partial charge in [0, 0.05) is 25.2 Å². The maximum absolute atomic E-state index is 12.9. The van der Waals surface area contributed by atoms with Gasteiger partial charge in [0.1, 0.15) is 5.82 Å². The van der Waals surface area contributed by atoms with Crippen LogP contribution in [-0.2, 0) is 19.7 Å². The smallest absolute Gasteiger partial charge is 0.278 e. The van der Waals surface area contributed by atoms with E-state index < -0.39 is 21.5 Å². The van der Waals surface area contributed by atoms with Crippen molar-refractivity contribution >= 4 is 44.7 Å². The normalized spacial score (nSPS) is 13.8. The van der Waals surface area contributed by atoms with Crippen molar-refractivity contribution in [2.75, 3.05) is 28.2 Å². The zero-order valence-corrected chi connectivity index (χ0v) is 20.8. The highest BCUT2D eigenvalue weighted by Gasteiger charge is 2.30. The molecule has 2 amide bonds. The van der Waals surface area contributed by atoms with Crippen LogP contribution in [0.5, 0.6) is 0 Å². The van der Waals surface area contributed by atoms with Crippen molar-refractivity contribution in [2.45, 2.75) is 45.6 Å². The van der Waals surface area contributed by atoms with Crippen molar-refractivity contribution in [3.8, 4) is 0 Å². The standard InChI is InChI=1S/C23H31N5O5S/c1-6-23(2,3)33-27-22(30)16-14-24-20(26-21(29)15-11-12-15)13-18(16)25-17-9-7-8-10-19(17)28(4)34(5,31)32/h7-10,13-15H,6,11-12H2,1-5H3,(H,27,30)(H2,24,25,26,29). The molecule has 0 bridgehead atoms. The lowest BCUT2D eigenvalue weighted by Crippen LogP contribution is -2.35. The predicted molar refractivity (Wildman–Crippen MR) is 131 cm³/mol. The molecular weight excluding hydrogens is 458 g/mol. The molecule has 1 aromatic heterocycles. The van der Waals surface area contributed by atoms with Gasteiger partial charge in [-0.25, -0.2) is 18.9 Å². The number of benzene rings is 1. The summed E-state index contributed by atoms with van der Waals surface area (Å²) in [5, 5.41) is 5.89. The minimum absolute atomic E-state index is 0.0185. The Morgan fingerprint density at radius 1 is 1.21 bits per heavy atom. The van der Waals surface area contributed by atoms with Crippen LogP contribution >= 0.6 is 0 Å². The van der Waals surface area contributed by atoms with Gasteiger partial charge in [-0.2, -0.15) is 0 Å². The second-order valence-corrected chi connectivity index (χ2v) is 10.9. The van der Waals surface area contributed by atoms with Gasteiger partial charge >= 0.3 is 0 Å². The molecule has 0 radical (unpaired) electrons. The summed E-state index contributed by atoms with van der Waals surface area (Å²) in [6.45, 7) is 5.63. The molecule has 1 aliphatic rings. The fourth-order valence-corrected chi connectivity index (χ4v) is 3.39. The number of hydrogen-bond donors (Lipinski definition) is 3. The molecule has 3 N–H and O–H groups in total. The molecule has 34 heavy (non-hydrogen) atoms. The van der Waals surface area contributed by atoms with E-state index in [2.05, 4.69) is 21.1 Å². The van der Waals surface area contributed by atoms with E-state index >= 15 is 0 Å². The van der Waals surface area contributed by atoms with Crippen LogP contribution in [0, 0.1) is 5.92 Å². The Bertz CT molecular complexity index is 1180. The average molecular weight is 490 g/mol. The number of carbonyl (C=O) groups is 2. The number of nitrogens with zero attached hydrogens (tertiary/aromatic N) is 2. The van der Waals surface area contributed by atoms with E-state index in [-0.39, 0.29) is 23.2 Å². The summed E-state index contributed by atoms with van der Waals surface area (Å²) in [7, 11) is -2.08. The van der Waals surface area contributed by atoms with E-state index in [9.17, 15) is 18.0 Å². The lowest BCUT2D eigenvalue weighted by molar-refractivity contribution is -0.117. The third-order valence-corrected chi connectivity index (χ3v) is 6.82. The number of amides is 2. The van der Waals surface area contributed by atoms with Crippen LogP contribution in [0.2, 0.25) is 0 Å². The van der Waals surface area contributed by atoms with Gasteiger partial charge in [0.15, 0.2) is 0 Å². The van der Waals surface area contributed by atoms with Gasteiger partial charge in [0.25, 0.3) is 5.91 Å². The fourth-order valence-electron chi connectivity index (χ4n) is 2.87. The van der Waals surface area contributed by atoms with Crippen LogP contribution in [0.25, 0.3) is 0 Å². The monoisotopic (exact) mass is 489 g/mol. The first-order chi connectivity index (χ1) is 15.9. The Morgan fingerprint density at radius 3 is 2.50 bits per heavy atom. The molecular formula is C23H31N5O5S. The Morgan fingerprint density at radius 2 is 1.88 bits per heavy atom. The molecule has 1 aliphatic carbocycles. The van der Waals surface area contributed by atoms with E-state index in [1.165, 1.54) is 19.3 Å². The van der Waals surface area contributed by atoms with Crippen LogP contribution in [0.3, 0.4) is 0 Å². The maximum atomic E-state index is 12.9. The van der Waals surface area contributed by atoms with Crippen LogP contribution in [-0.4, -0.2) is 44.1 Å². The number of aromatic nitrogens is 1. The van der Waals surface area contributed by atoms with Gasteiger partial charge in [-0.1, -0.05) is 19.1 Å². The predicted octanol–water partition coefficient (Wildman–Crippen LogP) is 3.42. The third kappa shape index (κ3) is 6.45. The van der Waals surface area contributed by atoms with Crippen molar-refractivity contribution in [3.05, 3.63) is 42.1 Å². The van der Waals surface area contributed by atoms with Crippen molar-refractivity contribution in [3.63, 3.8) is 0 Å². The minimum atomic E-state index is -3.53. The van der Waals surface area contributed by atoms with Crippen molar-refractivity contribution in [2.24, 2.45) is 5.92 Å². The topological polar surface area (TPSA) is 130 Å². The molecule has 0 saturated heterocycles. The van der Waals surface area contributed by atoms with E-state index in [1.807, 2.05) is 20.8 Å². The maximum Gasteiger partial charge on any atom is 0.278 e. The summed E-state index contributed by atoms with van der Waals surface area (Å²) in [6, 6.07) is 8.33. The summed E-state index contributed by atoms with van der Waals surface area (Å²) >= 11 is 0. The average Bonchev–Trinajstić information content (AvgIpc) is 3.63. The Balaban J connectivity index is 1.96. The number of carbonyl (C=O) groups excluding carboxylic acids is 2. The Kier molecular flexibility index (Phi) is 7.47. The number of pyridine rings is 1. The van der Waals surface area contributed by atoms with Gasteiger partial charge < -0.3 is 10.6 Å². The van der Waals surface area contributed by atoms with Gasteiger partial charge in [0.2, 0.25) is 15.9 Å². The molecule has 184 valence electrons. The Hall–Kier alpha value is -3.18. The number of sulfonamides is 1. The van der Waals surface area contributed by atoms with Gasteiger partial charge in [-0.05, 0) is 45.2 Å². The van der Waals surface area contributed by atoms with Crippen LogP contribution < -0.4 is 20.4 Å². The quantitative estimate of drug-likeness (QED) is 0.436. The van der Waals surface area contributed by atoms with E-state index in [1.54, 1.807) is 24.3 Å². The highest BCUT2D eigenvalue weighted by molar-refractivity contribution is 7.92. The van der Waals surface area contributed by atoms with Crippen LogP contribution in [0.4, 0.5) is 22.9 Å². The lowest BCUT2D eigenvalue weighted by Gasteiger charge is -2.24. The zero-order valence-electron chi connectivity index (χ0n) is 20.0. The number of anilines is 4. The largest absolute Gasteiger partial charge is 0.353 e. The SMILES string of the molecule is CCC(C)(C)ONC(=O)c1cnc(NC(=O)C2CC2)cc1Nc1ccccc1N(C)S(C)(=O)=O. The van der Waals surface area contributed by atoms with Crippen LogP contribution in [0.1, 0.15) is 50.4 Å². The van der Waals surface area contributed by atoms with E-state index in [0.717, 1.165) is 23.4 Å². The third-order valence-electron chi connectivity index (χ3n) is 5.63. The molecule has 1 heterocycles. The second kappa shape index (κ2) is 9.98. The summed E-state index contributed by atoms with van der Waals surface area (Å²) in [6.07, 6.45) is 4.80. The highest BCUT2D eigenvalue weighted by Crippen LogP contribution is 2.33. The first kappa shape index (κ1) is 25.4. The van der Waals surface area contributed by atoms with Gasteiger partial charge in [-0.3, -0.25) is 18.7 Å². The molecule has 2 aromatic rings. The molecule has 11 heteroatoms. The zero-order chi connectivity index (χ0) is 25.1. The lowest BCUT2D eigenvalue weighted by atomic mass is 10.1. The van der Waals surface area contributed by atoms with Crippen molar-refractivity contribution in [1.29, 1.82) is 0 Å². The first-order valence-corrected chi connectivity index (χ1v) is 12.9. The highest BCUT2D eigenvalue weighted by atomic mass is 32.2. The van der Waals surface area contributed by atoms with E-state index in [4.69, 9.17) is 4.84 Å². The first-order valence-electron chi connectivity index (χ1n) is 11.0. The molecule has 3 rings (SSSR count). The minimum Gasteiger partial charge on any atom is -0.353 e. The van der Waals surface area contributed by atoms with Gasteiger partial charge in [-0.15, -0.1) is 0 Å². The number of rotatable bonds is 10. The number of hydroxylamine groups is 1. The summed E-state index contributed by atoms with van der Waals surface area (Å²) in [5.41, 5.74) is 3.21. The molecule has 0 unspecified atom stereocenters. The second-order valence-electron chi connectivity index (χ2n) is 8.90. The molecule has 10 nitrogen and oxygen atoms in total. The fraction of sp³-hybridized carbons (Fsp3) is 0.435. The van der Waals surface area contributed by atoms with Gasteiger partial charge in [0.05, 0.1) is 34.5 Å². The summed E-state index contributed by atoms with van der Waals surface area (Å²) < 4.78 is 25.4. The summed E-state index contributed by atoms with van der Waals surface area (Å²) in [5.74, 6) is -0.402. The summed E-state index contributed by atoms with van der Waals surface area (Å²) in [4.78, 5) is 34.9. The van der Waals surface area contributed by atoms with Crippen LogP contribution in [0.15, 0.2) is 36.5 Å². The number of nitrogens with one attached hydrogen (secondary N) is 3.